The van der Waals surface area contributed by atoms with Crippen LogP contribution in [0.2, 0.25) is 0 Å². The van der Waals surface area contributed by atoms with Crippen LogP contribution in [0.1, 0.15) is 44.2 Å². The summed E-state index contributed by atoms with van der Waals surface area (Å²) in [5.74, 6) is 3.68. The molecular weight excluding hydrogens is 833 g/mol. The van der Waals surface area contributed by atoms with Gasteiger partial charge in [0.15, 0.2) is 11.3 Å². The van der Waals surface area contributed by atoms with Crippen molar-refractivity contribution in [3.63, 3.8) is 0 Å². The molecule has 6 heterocycles. The number of anilines is 2. The van der Waals surface area contributed by atoms with Crippen LogP contribution in [0.4, 0.5) is 11.6 Å². The van der Waals surface area contributed by atoms with E-state index in [9.17, 15) is 9.59 Å². The molecule has 2 aliphatic rings. The number of carbonyl (C=O) groups excluding carboxylic acids is 2. The summed E-state index contributed by atoms with van der Waals surface area (Å²) < 4.78 is 15.9. The SMILES string of the molecule is C=CC(=O)N1CCC[C@@H](n2nc(-c3ccc(Oc4ccccc4)cc3)c3c(NCCC(=O)N4CCC[C@@H](n5nc(-c6ccc(Oc7ccccc7)cc6)c6c(N)ncnc65)C4)ncnc32)C1. The van der Waals surface area contributed by atoms with E-state index in [0.29, 0.717) is 83.9 Å². The molecule has 3 N–H and O–H groups in total. The third-order valence-electron chi connectivity index (χ3n) is 12.2. The van der Waals surface area contributed by atoms with Gasteiger partial charge < -0.3 is 30.3 Å². The average molecular weight is 881 g/mol. The summed E-state index contributed by atoms with van der Waals surface area (Å²) in [5.41, 5.74) is 10.8. The molecule has 66 heavy (non-hydrogen) atoms. The first-order valence-corrected chi connectivity index (χ1v) is 22.2. The summed E-state index contributed by atoms with van der Waals surface area (Å²) in [6, 6.07) is 34.5. The maximum Gasteiger partial charge on any atom is 0.246 e. The fourth-order valence-electron chi connectivity index (χ4n) is 8.94. The first-order chi connectivity index (χ1) is 32.4. The molecule has 10 rings (SSSR count). The molecule has 0 unspecified atom stereocenters. The molecule has 8 aromatic rings. The Kier molecular flexibility index (Phi) is 11.7. The predicted octanol–water partition coefficient (Wildman–Crippen LogP) is 8.48. The van der Waals surface area contributed by atoms with Crippen molar-refractivity contribution in [3.8, 4) is 45.5 Å². The number of ether oxygens (including phenoxy) is 2. The molecule has 2 fully saturated rings. The minimum absolute atomic E-state index is 0.0106. The van der Waals surface area contributed by atoms with E-state index in [1.165, 1.54) is 18.7 Å². The molecule has 2 amide bonds. The van der Waals surface area contributed by atoms with Crippen LogP contribution in [0.25, 0.3) is 44.6 Å². The van der Waals surface area contributed by atoms with Gasteiger partial charge in [0.1, 0.15) is 58.7 Å². The molecule has 0 spiro atoms. The number of aromatic nitrogens is 8. The zero-order valence-electron chi connectivity index (χ0n) is 36.2. The highest BCUT2D eigenvalue weighted by atomic mass is 16.5. The molecule has 4 aromatic heterocycles. The molecule has 0 radical (unpaired) electrons. The molecule has 2 atom stereocenters. The number of likely N-dealkylation sites (tertiary alicyclic amines) is 2. The number of amides is 2. The smallest absolute Gasteiger partial charge is 0.246 e. The van der Waals surface area contributed by atoms with Crippen molar-refractivity contribution in [1.82, 2.24) is 49.3 Å². The minimum Gasteiger partial charge on any atom is -0.457 e. The van der Waals surface area contributed by atoms with Crippen LogP contribution in [0.15, 0.2) is 135 Å². The number of hydrogen-bond donors (Lipinski definition) is 2. The number of carbonyl (C=O) groups is 2. The van der Waals surface area contributed by atoms with Crippen molar-refractivity contribution in [2.75, 3.05) is 43.8 Å². The number of nitrogen functional groups attached to an aromatic ring is 1. The van der Waals surface area contributed by atoms with E-state index in [2.05, 4.69) is 26.8 Å². The van der Waals surface area contributed by atoms with Crippen molar-refractivity contribution in [2.45, 2.75) is 44.2 Å². The van der Waals surface area contributed by atoms with Gasteiger partial charge in [0.2, 0.25) is 11.8 Å². The van der Waals surface area contributed by atoms with Crippen molar-refractivity contribution < 1.29 is 19.1 Å². The molecule has 16 heteroatoms. The van der Waals surface area contributed by atoms with E-state index in [4.69, 9.17) is 30.4 Å². The monoisotopic (exact) mass is 880 g/mol. The normalized spacial score (nSPS) is 16.3. The van der Waals surface area contributed by atoms with Gasteiger partial charge in [0.05, 0.1) is 22.9 Å². The van der Waals surface area contributed by atoms with Crippen molar-refractivity contribution >= 4 is 45.5 Å². The second kappa shape index (κ2) is 18.5. The fourth-order valence-corrected chi connectivity index (χ4v) is 8.94. The van der Waals surface area contributed by atoms with Gasteiger partial charge in [-0.2, -0.15) is 10.2 Å². The highest BCUT2D eigenvalue weighted by Gasteiger charge is 2.31. The Bertz CT molecular complexity index is 3010. The zero-order valence-corrected chi connectivity index (χ0v) is 36.2. The number of rotatable bonds is 13. The summed E-state index contributed by atoms with van der Waals surface area (Å²) >= 11 is 0. The van der Waals surface area contributed by atoms with Gasteiger partial charge >= 0.3 is 0 Å². The number of nitrogens with two attached hydrogens (primary N) is 1. The number of hydrogen-bond acceptors (Lipinski definition) is 12. The van der Waals surface area contributed by atoms with Crippen molar-refractivity contribution in [1.29, 1.82) is 0 Å². The number of nitrogens with one attached hydrogen (secondary N) is 1. The van der Waals surface area contributed by atoms with Crippen LogP contribution in [0.5, 0.6) is 23.0 Å². The van der Waals surface area contributed by atoms with E-state index in [1.807, 2.05) is 123 Å². The molecule has 16 nitrogen and oxygen atoms in total. The maximum atomic E-state index is 14.0. The van der Waals surface area contributed by atoms with Crippen LogP contribution < -0.4 is 20.5 Å². The van der Waals surface area contributed by atoms with Gasteiger partial charge in [-0.1, -0.05) is 43.0 Å². The quantitative estimate of drug-likeness (QED) is 0.106. The average Bonchev–Trinajstić information content (AvgIpc) is 3.96. The number of piperidine rings is 2. The van der Waals surface area contributed by atoms with E-state index in [-0.39, 0.29) is 30.3 Å². The van der Waals surface area contributed by atoms with Crippen LogP contribution in [-0.2, 0) is 9.59 Å². The van der Waals surface area contributed by atoms with Crippen molar-refractivity contribution in [2.24, 2.45) is 0 Å². The van der Waals surface area contributed by atoms with Crippen molar-refractivity contribution in [3.05, 3.63) is 135 Å². The lowest BCUT2D eigenvalue weighted by atomic mass is 10.1. The fraction of sp³-hybridized carbons (Fsp3) is 0.240. The van der Waals surface area contributed by atoms with E-state index >= 15 is 0 Å². The lowest BCUT2D eigenvalue weighted by Crippen LogP contribution is -2.41. The highest BCUT2D eigenvalue weighted by Crippen LogP contribution is 2.38. The van der Waals surface area contributed by atoms with Gasteiger partial charge in [0, 0.05) is 50.3 Å². The Hall–Kier alpha value is -8.14. The predicted molar refractivity (Wildman–Crippen MR) is 252 cm³/mol. The maximum absolute atomic E-state index is 14.0. The third kappa shape index (κ3) is 8.59. The Morgan fingerprint density at radius 2 is 1.15 bits per heavy atom. The lowest BCUT2D eigenvalue weighted by Gasteiger charge is -2.33. The molecule has 2 saturated heterocycles. The first kappa shape index (κ1) is 41.8. The second-order valence-corrected chi connectivity index (χ2v) is 16.4. The lowest BCUT2D eigenvalue weighted by molar-refractivity contribution is -0.132. The molecule has 0 bridgehead atoms. The standard InChI is InChI=1S/C50H48N12O4/c1-2-41(63)59-27-9-11-35(29-59)62-50-44(46(58-62)34-19-23-40(24-20-34)66-38-15-7-4-8-16-38)48(54-32-56-50)52-26-25-42(64)60-28-10-12-36(30-60)61-49-43(47(51)53-31-55-49)45(57-61)33-17-21-39(22-18-33)65-37-13-5-3-6-14-37/h2-8,13-24,31-32,35-36H,1,9-12,25-30H2,(H2,51,53,55)(H,52,54,56)/t35-,36-/m1/s1. The van der Waals surface area contributed by atoms with Gasteiger partial charge in [-0.25, -0.2) is 29.3 Å². The number of fused-ring (bicyclic) bond motifs is 2. The molecular formula is C50H48N12O4. The number of nitrogens with zero attached hydrogens (tertiary/aromatic N) is 10. The second-order valence-electron chi connectivity index (χ2n) is 16.4. The Labute approximate surface area is 380 Å². The first-order valence-electron chi connectivity index (χ1n) is 22.2. The minimum atomic E-state index is -0.126. The molecule has 0 saturated carbocycles. The molecule has 332 valence electrons. The number of benzene rings is 4. The Balaban J connectivity index is 0.869. The largest absolute Gasteiger partial charge is 0.457 e. The third-order valence-corrected chi connectivity index (χ3v) is 12.2. The number of para-hydroxylation sites is 2. The van der Waals surface area contributed by atoms with Gasteiger partial charge in [-0.15, -0.1) is 0 Å². The van der Waals surface area contributed by atoms with Crippen LogP contribution >= 0.6 is 0 Å². The zero-order chi connectivity index (χ0) is 45.0. The van der Waals surface area contributed by atoms with E-state index < -0.39 is 0 Å². The summed E-state index contributed by atoms with van der Waals surface area (Å²) in [6.45, 7) is 6.27. The van der Waals surface area contributed by atoms with E-state index in [0.717, 1.165) is 53.7 Å². The Morgan fingerprint density at radius 1 is 0.652 bits per heavy atom. The molecule has 0 aliphatic carbocycles. The Morgan fingerprint density at radius 3 is 1.73 bits per heavy atom. The van der Waals surface area contributed by atoms with E-state index in [1.54, 1.807) is 4.90 Å². The summed E-state index contributed by atoms with van der Waals surface area (Å²) in [5, 5.41) is 15.1. The van der Waals surface area contributed by atoms with Crippen LogP contribution in [0, 0.1) is 0 Å². The summed E-state index contributed by atoms with van der Waals surface area (Å²) in [7, 11) is 0. The summed E-state index contributed by atoms with van der Waals surface area (Å²) in [4.78, 5) is 48.8. The van der Waals surface area contributed by atoms with Gasteiger partial charge in [0.25, 0.3) is 0 Å². The topological polar surface area (TPSA) is 184 Å². The van der Waals surface area contributed by atoms with Crippen LogP contribution in [0.3, 0.4) is 0 Å². The van der Waals surface area contributed by atoms with Gasteiger partial charge in [-0.05, 0) is 105 Å². The van der Waals surface area contributed by atoms with Gasteiger partial charge in [-0.3, -0.25) is 9.59 Å². The molecule has 4 aromatic carbocycles. The van der Waals surface area contributed by atoms with Crippen LogP contribution in [-0.4, -0.2) is 93.8 Å². The molecule has 2 aliphatic heterocycles. The highest BCUT2D eigenvalue weighted by molar-refractivity contribution is 6.00. The summed E-state index contributed by atoms with van der Waals surface area (Å²) in [6.07, 6.45) is 7.82.